The highest BCUT2D eigenvalue weighted by Crippen LogP contribution is 2.47. The second-order valence-electron chi connectivity index (χ2n) is 6.91. The summed E-state index contributed by atoms with van der Waals surface area (Å²) in [5.41, 5.74) is -1.45. The maximum atomic E-state index is 13.2. The van der Waals surface area contributed by atoms with Crippen LogP contribution in [0.15, 0.2) is 60.7 Å². The molecule has 0 bridgehead atoms. The summed E-state index contributed by atoms with van der Waals surface area (Å²) in [5.74, 6) is -1.83. The van der Waals surface area contributed by atoms with Crippen LogP contribution in [0.4, 0.5) is 0 Å². The predicted octanol–water partition coefficient (Wildman–Crippen LogP) is 2.42. The second-order valence-corrected chi connectivity index (χ2v) is 6.91. The molecule has 0 amide bonds. The summed E-state index contributed by atoms with van der Waals surface area (Å²) in [5, 5.41) is 33.7. The van der Waals surface area contributed by atoms with Gasteiger partial charge in [0.1, 0.15) is 6.10 Å². The third-order valence-corrected chi connectivity index (χ3v) is 5.28. The van der Waals surface area contributed by atoms with E-state index in [1.807, 2.05) is 0 Å². The molecule has 3 rings (SSSR count). The van der Waals surface area contributed by atoms with Crippen LogP contribution in [0.1, 0.15) is 29.3 Å². The summed E-state index contributed by atoms with van der Waals surface area (Å²) in [6.45, 7) is 1.73. The number of hydrogen-bond acceptors (Lipinski definition) is 5. The molecule has 2 aromatic rings. The molecule has 0 unspecified atom stereocenters. The zero-order valence-corrected chi connectivity index (χ0v) is 14.4. The van der Waals surface area contributed by atoms with Gasteiger partial charge in [-0.1, -0.05) is 67.6 Å². The van der Waals surface area contributed by atoms with Crippen molar-refractivity contribution in [3.8, 4) is 0 Å². The van der Waals surface area contributed by atoms with Crippen molar-refractivity contribution < 1.29 is 19.9 Å². The van der Waals surface area contributed by atoms with Gasteiger partial charge < -0.3 is 10.2 Å². The maximum Gasteiger partial charge on any atom is 0.271 e. The molecular formula is C20H21NO5. The fourth-order valence-electron chi connectivity index (χ4n) is 4.15. The van der Waals surface area contributed by atoms with E-state index >= 15 is 0 Å². The van der Waals surface area contributed by atoms with Crippen LogP contribution in [0, 0.1) is 22.0 Å². The summed E-state index contributed by atoms with van der Waals surface area (Å²) in [4.78, 5) is 24.3. The van der Waals surface area contributed by atoms with Crippen LogP contribution in [-0.2, 0) is 5.60 Å². The average Bonchev–Trinajstić information content (AvgIpc) is 2.62. The van der Waals surface area contributed by atoms with Gasteiger partial charge in [0, 0.05) is 10.5 Å². The Hall–Kier alpha value is -2.57. The Bertz CT molecular complexity index is 794. The monoisotopic (exact) mass is 355 g/mol. The highest BCUT2D eigenvalue weighted by atomic mass is 16.6. The minimum absolute atomic E-state index is 0.0734. The molecule has 1 aliphatic rings. The first-order valence-electron chi connectivity index (χ1n) is 8.56. The molecule has 5 atom stereocenters. The number of nitro groups is 1. The molecule has 0 saturated heterocycles. The Morgan fingerprint density at radius 2 is 1.65 bits per heavy atom. The first kappa shape index (κ1) is 18.2. The van der Waals surface area contributed by atoms with E-state index in [4.69, 9.17) is 0 Å². The summed E-state index contributed by atoms with van der Waals surface area (Å²) in [6.07, 6.45) is -1.27. The van der Waals surface area contributed by atoms with Gasteiger partial charge in [0.25, 0.3) is 6.04 Å². The first-order chi connectivity index (χ1) is 12.4. The van der Waals surface area contributed by atoms with E-state index in [0.717, 1.165) is 0 Å². The van der Waals surface area contributed by atoms with Crippen LogP contribution in [0.3, 0.4) is 0 Å². The van der Waals surface area contributed by atoms with E-state index in [-0.39, 0.29) is 17.8 Å². The standard InChI is InChI=1S/C20H21NO5/c1-13-12-16(22)19(21(25)26)20(24,15-10-6-3-7-11-15)17(13)18(23)14-8-4-2-5-9-14/h2-11,13,16-17,19,22,24H,12H2,1H3/t13-,16+,17-,19-,20+/m1/s1. The highest BCUT2D eigenvalue weighted by Gasteiger charge is 2.63. The van der Waals surface area contributed by atoms with E-state index in [0.29, 0.717) is 5.56 Å². The fraction of sp³-hybridized carbons (Fsp3) is 0.350. The molecule has 6 heteroatoms. The molecule has 6 nitrogen and oxygen atoms in total. The first-order valence-corrected chi connectivity index (χ1v) is 8.56. The van der Waals surface area contributed by atoms with Crippen molar-refractivity contribution in [2.45, 2.75) is 31.1 Å². The summed E-state index contributed by atoms with van der Waals surface area (Å²) >= 11 is 0. The number of Topliss-reactive ketones (excluding diaryl/α,β-unsaturated/α-hetero) is 1. The van der Waals surface area contributed by atoms with Crippen molar-refractivity contribution in [3.05, 3.63) is 81.9 Å². The minimum atomic E-state index is -2.10. The Kier molecular flexibility index (Phi) is 4.89. The summed E-state index contributed by atoms with van der Waals surface area (Å²) in [7, 11) is 0. The smallest absolute Gasteiger partial charge is 0.271 e. The average molecular weight is 355 g/mol. The lowest BCUT2D eigenvalue weighted by molar-refractivity contribution is -0.567. The number of benzene rings is 2. The van der Waals surface area contributed by atoms with Gasteiger partial charge in [-0.25, -0.2) is 0 Å². The Morgan fingerprint density at radius 1 is 1.12 bits per heavy atom. The molecule has 2 N–H and O–H groups in total. The predicted molar refractivity (Wildman–Crippen MR) is 95.2 cm³/mol. The topological polar surface area (TPSA) is 101 Å². The van der Waals surface area contributed by atoms with Crippen LogP contribution < -0.4 is 0 Å². The van der Waals surface area contributed by atoms with Crippen LogP contribution in [0.5, 0.6) is 0 Å². The van der Waals surface area contributed by atoms with Gasteiger partial charge in [-0.3, -0.25) is 14.9 Å². The number of carbonyl (C=O) groups excluding carboxylic acids is 1. The van der Waals surface area contributed by atoms with Crippen LogP contribution in [0.25, 0.3) is 0 Å². The number of nitrogens with zero attached hydrogens (tertiary/aromatic N) is 1. The normalized spacial score (nSPS) is 31.3. The molecule has 1 saturated carbocycles. The van der Waals surface area contributed by atoms with E-state index in [2.05, 4.69) is 0 Å². The maximum absolute atomic E-state index is 13.2. The van der Waals surface area contributed by atoms with E-state index in [1.54, 1.807) is 67.6 Å². The lowest BCUT2D eigenvalue weighted by Gasteiger charge is -2.46. The molecular weight excluding hydrogens is 334 g/mol. The van der Waals surface area contributed by atoms with E-state index in [9.17, 15) is 25.1 Å². The molecule has 1 aliphatic carbocycles. The van der Waals surface area contributed by atoms with Crippen LogP contribution in [-0.4, -0.2) is 33.1 Å². The molecule has 0 aromatic heterocycles. The van der Waals surface area contributed by atoms with Gasteiger partial charge in [-0.05, 0) is 17.9 Å². The van der Waals surface area contributed by atoms with Crippen molar-refractivity contribution in [1.29, 1.82) is 0 Å². The van der Waals surface area contributed by atoms with Crippen molar-refractivity contribution >= 4 is 5.78 Å². The summed E-state index contributed by atoms with van der Waals surface area (Å²) in [6, 6.07) is 14.9. The van der Waals surface area contributed by atoms with E-state index in [1.165, 1.54) is 0 Å². The van der Waals surface area contributed by atoms with Gasteiger partial charge in [0.05, 0.1) is 5.92 Å². The lowest BCUT2D eigenvalue weighted by atomic mass is 9.61. The largest absolute Gasteiger partial charge is 0.386 e. The molecule has 0 spiro atoms. The van der Waals surface area contributed by atoms with Crippen molar-refractivity contribution in [2.24, 2.45) is 11.8 Å². The van der Waals surface area contributed by atoms with Gasteiger partial charge >= 0.3 is 0 Å². The van der Waals surface area contributed by atoms with E-state index < -0.39 is 34.5 Å². The Morgan fingerprint density at radius 3 is 2.19 bits per heavy atom. The highest BCUT2D eigenvalue weighted by molar-refractivity contribution is 5.99. The van der Waals surface area contributed by atoms with Gasteiger partial charge in [-0.2, -0.15) is 0 Å². The molecule has 136 valence electrons. The number of carbonyl (C=O) groups is 1. The number of aliphatic hydroxyl groups is 2. The number of ketones is 1. The van der Waals surface area contributed by atoms with Gasteiger partial charge in [0.2, 0.25) is 0 Å². The molecule has 0 aliphatic heterocycles. The molecule has 0 heterocycles. The Balaban J connectivity index is 2.18. The van der Waals surface area contributed by atoms with Gasteiger partial charge in [-0.15, -0.1) is 0 Å². The molecule has 2 aromatic carbocycles. The second kappa shape index (κ2) is 6.97. The van der Waals surface area contributed by atoms with Crippen LogP contribution in [0.2, 0.25) is 0 Å². The van der Waals surface area contributed by atoms with Crippen molar-refractivity contribution in [3.63, 3.8) is 0 Å². The SMILES string of the molecule is C[C@@H]1C[C@H](O)[C@@H]([N+](=O)[O-])[C@](O)(c2ccccc2)[C@H]1C(=O)c1ccccc1. The zero-order valence-electron chi connectivity index (χ0n) is 14.4. The number of aliphatic hydroxyl groups excluding tert-OH is 1. The third kappa shape index (κ3) is 2.91. The summed E-state index contributed by atoms with van der Waals surface area (Å²) < 4.78 is 0. The minimum Gasteiger partial charge on any atom is -0.386 e. The lowest BCUT2D eigenvalue weighted by Crippen LogP contribution is -2.62. The molecule has 0 radical (unpaired) electrons. The van der Waals surface area contributed by atoms with Crippen LogP contribution >= 0.6 is 0 Å². The quantitative estimate of drug-likeness (QED) is 0.498. The third-order valence-electron chi connectivity index (χ3n) is 5.28. The number of rotatable bonds is 4. The van der Waals surface area contributed by atoms with Crippen molar-refractivity contribution in [2.75, 3.05) is 0 Å². The molecule has 1 fully saturated rings. The molecule has 26 heavy (non-hydrogen) atoms. The fourth-order valence-corrected chi connectivity index (χ4v) is 4.15. The number of hydrogen-bond donors (Lipinski definition) is 2. The Labute approximate surface area is 151 Å². The zero-order chi connectivity index (χ0) is 18.9. The van der Waals surface area contributed by atoms with Crippen molar-refractivity contribution in [1.82, 2.24) is 0 Å². The van der Waals surface area contributed by atoms with Gasteiger partial charge in [0.15, 0.2) is 11.4 Å².